The van der Waals surface area contributed by atoms with E-state index < -0.39 is 35.3 Å². The van der Waals surface area contributed by atoms with Crippen LogP contribution in [0, 0.1) is 0 Å². The van der Waals surface area contributed by atoms with Crippen LogP contribution < -0.4 is 10.2 Å². The zero-order valence-electron chi connectivity index (χ0n) is 13.2. The van der Waals surface area contributed by atoms with Crippen molar-refractivity contribution in [2.45, 2.75) is 6.18 Å². The van der Waals surface area contributed by atoms with E-state index in [2.05, 4.69) is 4.98 Å². The number of barbiturate groups is 1. The lowest BCUT2D eigenvalue weighted by atomic mass is 10.1. The molecule has 1 aliphatic rings. The van der Waals surface area contributed by atoms with Crippen molar-refractivity contribution in [1.29, 1.82) is 0 Å². The molecule has 0 bridgehead atoms. The predicted molar refractivity (Wildman–Crippen MR) is 89.7 cm³/mol. The second kappa shape index (κ2) is 6.84. The van der Waals surface area contributed by atoms with Crippen molar-refractivity contribution in [2.75, 3.05) is 4.90 Å². The molecule has 1 aromatic carbocycles. The van der Waals surface area contributed by atoms with Gasteiger partial charge in [0, 0.05) is 11.2 Å². The maximum absolute atomic E-state index is 12.6. The van der Waals surface area contributed by atoms with Crippen molar-refractivity contribution in [3.05, 3.63) is 64.4 Å². The first-order valence-electron chi connectivity index (χ1n) is 7.37. The van der Waals surface area contributed by atoms with Gasteiger partial charge in [0.2, 0.25) is 0 Å². The van der Waals surface area contributed by atoms with E-state index >= 15 is 0 Å². The Balaban J connectivity index is 1.95. The van der Waals surface area contributed by atoms with E-state index in [-0.39, 0.29) is 11.3 Å². The zero-order valence-corrected chi connectivity index (χ0v) is 14.0. The summed E-state index contributed by atoms with van der Waals surface area (Å²) >= 11 is 5.77. The summed E-state index contributed by atoms with van der Waals surface area (Å²) < 4.78 is 37.7. The molecule has 3 rings (SSSR count). The number of amides is 4. The minimum atomic E-state index is -4.61. The summed E-state index contributed by atoms with van der Waals surface area (Å²) in [7, 11) is 0. The molecule has 1 aliphatic heterocycles. The summed E-state index contributed by atoms with van der Waals surface area (Å²) in [6, 6.07) is 6.56. The lowest BCUT2D eigenvalue weighted by molar-refractivity contribution is -0.141. The number of hydrogen-bond donors (Lipinski definition) is 1. The van der Waals surface area contributed by atoms with Crippen molar-refractivity contribution < 1.29 is 27.6 Å². The fourth-order valence-electron chi connectivity index (χ4n) is 2.31. The number of hydrogen-bond acceptors (Lipinski definition) is 4. The monoisotopic (exact) mass is 395 g/mol. The second-order valence-corrected chi connectivity index (χ2v) is 5.85. The number of pyridine rings is 1. The van der Waals surface area contributed by atoms with E-state index in [1.54, 1.807) is 0 Å². The van der Waals surface area contributed by atoms with Gasteiger partial charge in [-0.2, -0.15) is 13.2 Å². The summed E-state index contributed by atoms with van der Waals surface area (Å²) in [5.74, 6) is -1.89. The van der Waals surface area contributed by atoms with Gasteiger partial charge in [-0.1, -0.05) is 17.7 Å². The fraction of sp³-hybridized carbons (Fsp3) is 0.0588. The molecular formula is C17H9ClF3N3O3. The van der Waals surface area contributed by atoms with Crippen molar-refractivity contribution in [3.63, 3.8) is 0 Å². The van der Waals surface area contributed by atoms with Crippen molar-refractivity contribution >= 4 is 41.2 Å². The Morgan fingerprint density at radius 3 is 2.26 bits per heavy atom. The summed E-state index contributed by atoms with van der Waals surface area (Å²) in [6.45, 7) is 0. The number of nitrogens with zero attached hydrogens (tertiary/aromatic N) is 2. The van der Waals surface area contributed by atoms with Gasteiger partial charge in [-0.3, -0.25) is 19.9 Å². The van der Waals surface area contributed by atoms with Crippen LogP contribution in [0.15, 0.2) is 48.2 Å². The molecule has 0 atom stereocenters. The Hall–Kier alpha value is -3.20. The van der Waals surface area contributed by atoms with Crippen molar-refractivity contribution in [3.8, 4) is 0 Å². The lowest BCUT2D eigenvalue weighted by Gasteiger charge is -2.26. The van der Waals surface area contributed by atoms with E-state index in [1.165, 1.54) is 24.3 Å². The highest BCUT2D eigenvalue weighted by Gasteiger charge is 2.37. The lowest BCUT2D eigenvalue weighted by Crippen LogP contribution is -2.54. The summed E-state index contributed by atoms with van der Waals surface area (Å²) in [5.41, 5.74) is -1.27. The summed E-state index contributed by atoms with van der Waals surface area (Å²) in [5, 5.41) is 2.39. The average Bonchev–Trinajstić information content (AvgIpc) is 2.60. The normalized spacial score (nSPS) is 16.7. The number of benzene rings is 1. The van der Waals surface area contributed by atoms with Crippen LogP contribution in [0.2, 0.25) is 5.02 Å². The number of anilines is 1. The fourth-order valence-corrected chi connectivity index (χ4v) is 2.43. The van der Waals surface area contributed by atoms with Gasteiger partial charge in [-0.15, -0.1) is 0 Å². The zero-order chi connectivity index (χ0) is 19.8. The number of aromatic nitrogens is 1. The van der Waals surface area contributed by atoms with Gasteiger partial charge < -0.3 is 0 Å². The van der Waals surface area contributed by atoms with E-state index in [9.17, 15) is 27.6 Å². The van der Waals surface area contributed by atoms with Gasteiger partial charge in [0.25, 0.3) is 11.8 Å². The Morgan fingerprint density at radius 1 is 1.04 bits per heavy atom. The van der Waals surface area contributed by atoms with Crippen LogP contribution in [0.4, 0.5) is 23.7 Å². The third kappa shape index (κ3) is 3.82. The quantitative estimate of drug-likeness (QED) is 0.624. The number of carbonyl (C=O) groups excluding carboxylic acids is 3. The number of carbonyl (C=O) groups is 3. The topological polar surface area (TPSA) is 79.4 Å². The largest absolute Gasteiger partial charge is 0.433 e. The Bertz CT molecular complexity index is 954. The maximum atomic E-state index is 12.6. The van der Waals surface area contributed by atoms with Crippen LogP contribution in [-0.2, 0) is 15.8 Å². The molecule has 27 heavy (non-hydrogen) atoms. The van der Waals surface area contributed by atoms with E-state index in [1.807, 2.05) is 5.32 Å². The predicted octanol–water partition coefficient (Wildman–Crippen LogP) is 3.42. The number of alkyl halides is 3. The van der Waals surface area contributed by atoms with Gasteiger partial charge in [-0.25, -0.2) is 9.69 Å². The molecule has 0 unspecified atom stereocenters. The van der Waals surface area contributed by atoms with Crippen molar-refractivity contribution in [2.24, 2.45) is 0 Å². The Kier molecular flexibility index (Phi) is 4.71. The smallest absolute Gasteiger partial charge is 0.273 e. The van der Waals surface area contributed by atoms with Gasteiger partial charge >= 0.3 is 12.2 Å². The standard InChI is InChI=1S/C17H9ClF3N3O3/c18-10-2-4-11(5-3-10)24-15(26)12(14(25)23-16(24)27)7-9-1-6-13(22-8-9)17(19,20)21/h1-8H,(H,23,25,27). The van der Waals surface area contributed by atoms with Gasteiger partial charge in [-0.05, 0) is 42.0 Å². The third-order valence-corrected chi connectivity index (χ3v) is 3.83. The highest BCUT2D eigenvalue weighted by Crippen LogP contribution is 2.28. The Morgan fingerprint density at radius 2 is 1.70 bits per heavy atom. The van der Waals surface area contributed by atoms with Gasteiger partial charge in [0.05, 0.1) is 5.69 Å². The van der Waals surface area contributed by atoms with E-state index in [0.29, 0.717) is 5.02 Å². The van der Waals surface area contributed by atoms with Crippen LogP contribution in [0.25, 0.3) is 6.08 Å². The molecule has 0 aliphatic carbocycles. The molecule has 4 amide bonds. The highest BCUT2D eigenvalue weighted by molar-refractivity contribution is 6.39. The summed E-state index contributed by atoms with van der Waals surface area (Å²) in [6.07, 6.45) is -2.68. The molecule has 0 spiro atoms. The molecule has 1 aromatic heterocycles. The van der Waals surface area contributed by atoms with E-state index in [0.717, 1.165) is 29.3 Å². The molecule has 138 valence electrons. The third-order valence-electron chi connectivity index (χ3n) is 3.57. The van der Waals surface area contributed by atoms with E-state index in [4.69, 9.17) is 11.6 Å². The maximum Gasteiger partial charge on any atom is 0.433 e. The van der Waals surface area contributed by atoms with Crippen molar-refractivity contribution in [1.82, 2.24) is 10.3 Å². The number of rotatable bonds is 2. The number of imide groups is 2. The molecule has 1 saturated heterocycles. The molecule has 2 aromatic rings. The molecule has 0 radical (unpaired) electrons. The number of urea groups is 1. The number of halogens is 4. The van der Waals surface area contributed by atoms with Crippen LogP contribution in [0.3, 0.4) is 0 Å². The summed E-state index contributed by atoms with van der Waals surface area (Å²) in [4.78, 5) is 40.6. The Labute approximate surface area is 155 Å². The van der Waals surface area contributed by atoms with Gasteiger partial charge in [0.1, 0.15) is 11.3 Å². The molecule has 6 nitrogen and oxygen atoms in total. The average molecular weight is 396 g/mol. The molecule has 10 heteroatoms. The van der Waals surface area contributed by atoms with Crippen LogP contribution >= 0.6 is 11.6 Å². The van der Waals surface area contributed by atoms with Crippen LogP contribution in [-0.4, -0.2) is 22.8 Å². The molecule has 1 fully saturated rings. The first-order valence-corrected chi connectivity index (χ1v) is 7.75. The highest BCUT2D eigenvalue weighted by atomic mass is 35.5. The molecular weight excluding hydrogens is 387 g/mol. The molecule has 1 N–H and O–H groups in total. The minimum Gasteiger partial charge on any atom is -0.273 e. The van der Waals surface area contributed by atoms with Crippen LogP contribution in [0.1, 0.15) is 11.3 Å². The van der Waals surface area contributed by atoms with Gasteiger partial charge in [0.15, 0.2) is 0 Å². The first-order chi connectivity index (χ1) is 12.7. The first kappa shape index (κ1) is 18.6. The molecule has 0 saturated carbocycles. The van der Waals surface area contributed by atoms with Crippen LogP contribution in [0.5, 0.6) is 0 Å². The second-order valence-electron chi connectivity index (χ2n) is 5.41. The molecule has 2 heterocycles. The minimum absolute atomic E-state index is 0.0897. The number of nitrogens with one attached hydrogen (secondary N) is 1. The SMILES string of the molecule is O=C1NC(=O)N(c2ccc(Cl)cc2)C(=O)C1=Cc1ccc(C(F)(F)F)nc1.